The summed E-state index contributed by atoms with van der Waals surface area (Å²) < 4.78 is 0. The number of hydrogen-bond acceptors (Lipinski definition) is 5. The maximum absolute atomic E-state index is 4.70. The van der Waals surface area contributed by atoms with Crippen LogP contribution in [0.2, 0.25) is 0 Å². The first kappa shape index (κ1) is 16.7. The minimum absolute atomic E-state index is 0.540. The number of nitrogens with one attached hydrogen (secondary N) is 2. The molecule has 3 rings (SSSR count). The highest BCUT2D eigenvalue weighted by molar-refractivity contribution is 5.50. The fraction of sp³-hybridized carbons (Fsp3) is 0.526. The highest BCUT2D eigenvalue weighted by atomic mass is 15.2. The van der Waals surface area contributed by atoms with Crippen LogP contribution in [-0.4, -0.2) is 21.0 Å². The van der Waals surface area contributed by atoms with Gasteiger partial charge in [0.05, 0.1) is 12.2 Å². The first-order valence-electron chi connectivity index (χ1n) is 8.90. The summed E-state index contributed by atoms with van der Waals surface area (Å²) in [5.74, 6) is 1.63. The molecule has 1 fully saturated rings. The minimum atomic E-state index is 0.540. The average molecular weight is 325 g/mol. The molecule has 0 aromatic carbocycles. The zero-order valence-corrected chi connectivity index (χ0v) is 14.9. The first-order chi connectivity index (χ1) is 11.6. The van der Waals surface area contributed by atoms with Crippen LogP contribution < -0.4 is 10.6 Å². The lowest BCUT2D eigenvalue weighted by Crippen LogP contribution is -2.24. The summed E-state index contributed by atoms with van der Waals surface area (Å²) in [4.78, 5) is 13.8. The second-order valence-corrected chi connectivity index (χ2v) is 6.71. The van der Waals surface area contributed by atoms with Gasteiger partial charge in [-0.15, -0.1) is 0 Å². The summed E-state index contributed by atoms with van der Waals surface area (Å²) in [6.45, 7) is 6.76. The number of nitrogens with zero attached hydrogens (tertiary/aromatic N) is 3. The zero-order chi connectivity index (χ0) is 16.9. The lowest BCUT2D eigenvalue weighted by Gasteiger charge is -2.24. The molecule has 2 heterocycles. The molecule has 5 nitrogen and oxygen atoms in total. The van der Waals surface area contributed by atoms with Crippen LogP contribution in [0.15, 0.2) is 18.2 Å². The van der Waals surface area contributed by atoms with E-state index in [-0.39, 0.29) is 0 Å². The van der Waals surface area contributed by atoms with Gasteiger partial charge in [0.2, 0.25) is 5.95 Å². The Morgan fingerprint density at radius 3 is 2.54 bits per heavy atom. The molecule has 0 unspecified atom stereocenters. The molecule has 2 aromatic heterocycles. The maximum atomic E-state index is 4.70. The van der Waals surface area contributed by atoms with Crippen LogP contribution in [0.5, 0.6) is 0 Å². The Bertz CT molecular complexity index is 692. The van der Waals surface area contributed by atoms with Crippen molar-refractivity contribution in [2.45, 2.75) is 65.5 Å². The van der Waals surface area contributed by atoms with Gasteiger partial charge in [-0.25, -0.2) is 4.98 Å². The average Bonchev–Trinajstić information content (AvgIpc) is 2.58. The minimum Gasteiger partial charge on any atom is -0.367 e. The topological polar surface area (TPSA) is 62.7 Å². The molecule has 0 amide bonds. The Hall–Kier alpha value is -2.17. The molecule has 0 bridgehead atoms. The van der Waals surface area contributed by atoms with Gasteiger partial charge in [-0.2, -0.15) is 4.98 Å². The number of anilines is 2. The Kier molecular flexibility index (Phi) is 5.28. The molecule has 1 saturated carbocycles. The van der Waals surface area contributed by atoms with E-state index in [1.54, 1.807) is 0 Å². The van der Waals surface area contributed by atoms with Crippen molar-refractivity contribution in [1.29, 1.82) is 0 Å². The fourth-order valence-corrected chi connectivity index (χ4v) is 3.16. The van der Waals surface area contributed by atoms with E-state index in [2.05, 4.69) is 27.5 Å². The van der Waals surface area contributed by atoms with Crippen LogP contribution in [0.3, 0.4) is 0 Å². The molecule has 0 spiro atoms. The lowest BCUT2D eigenvalue weighted by molar-refractivity contribution is 0.461. The summed E-state index contributed by atoms with van der Waals surface area (Å²) in [7, 11) is 0. The van der Waals surface area contributed by atoms with Gasteiger partial charge in [0.25, 0.3) is 0 Å². The quantitative estimate of drug-likeness (QED) is 0.864. The molecule has 1 aliphatic carbocycles. The molecule has 1 aliphatic rings. The summed E-state index contributed by atoms with van der Waals surface area (Å²) in [6, 6.07) is 6.58. The van der Waals surface area contributed by atoms with Gasteiger partial charge in [0.1, 0.15) is 5.82 Å². The third kappa shape index (κ3) is 4.22. The van der Waals surface area contributed by atoms with Gasteiger partial charge in [-0.3, -0.25) is 4.98 Å². The van der Waals surface area contributed by atoms with Crippen LogP contribution in [0.25, 0.3) is 0 Å². The van der Waals surface area contributed by atoms with Crippen molar-refractivity contribution in [3.8, 4) is 0 Å². The molecule has 5 heteroatoms. The first-order valence-corrected chi connectivity index (χ1v) is 8.90. The van der Waals surface area contributed by atoms with Crippen LogP contribution in [0.1, 0.15) is 54.7 Å². The van der Waals surface area contributed by atoms with Crippen molar-refractivity contribution in [3.63, 3.8) is 0 Å². The third-order valence-corrected chi connectivity index (χ3v) is 4.71. The van der Waals surface area contributed by atoms with Crippen molar-refractivity contribution in [3.05, 3.63) is 40.8 Å². The van der Waals surface area contributed by atoms with Crippen LogP contribution >= 0.6 is 0 Å². The highest BCUT2D eigenvalue weighted by Gasteiger charge is 2.16. The Balaban J connectivity index is 1.71. The van der Waals surface area contributed by atoms with Gasteiger partial charge in [0.15, 0.2) is 0 Å². The van der Waals surface area contributed by atoms with Crippen molar-refractivity contribution < 1.29 is 0 Å². The number of pyridine rings is 1. The molecule has 0 aliphatic heterocycles. The standard InChI is InChI=1S/C19H27N5/c1-13-8-7-11-17(21-13)12-20-19-22-15(3)14(2)18(24-19)23-16-9-5-4-6-10-16/h7-8,11,16H,4-6,9-10,12H2,1-3H3,(H2,20,22,23,24). The van der Waals surface area contributed by atoms with E-state index in [1.807, 2.05) is 32.0 Å². The molecule has 24 heavy (non-hydrogen) atoms. The van der Waals surface area contributed by atoms with Crippen LogP contribution in [0, 0.1) is 20.8 Å². The number of rotatable bonds is 5. The summed E-state index contributed by atoms with van der Waals surface area (Å²) in [5, 5.41) is 6.94. The van der Waals surface area contributed by atoms with Crippen molar-refractivity contribution in [2.24, 2.45) is 0 Å². The molecule has 2 aromatic rings. The summed E-state index contributed by atoms with van der Waals surface area (Å²) in [6.07, 6.45) is 6.45. The highest BCUT2D eigenvalue weighted by Crippen LogP contribution is 2.24. The normalized spacial score (nSPS) is 15.3. The van der Waals surface area contributed by atoms with Crippen molar-refractivity contribution in [1.82, 2.24) is 15.0 Å². The largest absolute Gasteiger partial charge is 0.367 e. The third-order valence-electron chi connectivity index (χ3n) is 4.71. The van der Waals surface area contributed by atoms with Crippen molar-refractivity contribution in [2.75, 3.05) is 10.6 Å². The smallest absolute Gasteiger partial charge is 0.225 e. The molecule has 128 valence electrons. The van der Waals surface area contributed by atoms with Gasteiger partial charge in [-0.05, 0) is 45.7 Å². The molecule has 2 N–H and O–H groups in total. The molecular weight excluding hydrogens is 298 g/mol. The van der Waals surface area contributed by atoms with Gasteiger partial charge in [0, 0.05) is 23.0 Å². The van der Waals surface area contributed by atoms with E-state index >= 15 is 0 Å². The van der Waals surface area contributed by atoms with Gasteiger partial charge < -0.3 is 10.6 Å². The molecule has 0 radical (unpaired) electrons. The monoisotopic (exact) mass is 325 g/mol. The Labute approximate surface area is 144 Å². The fourth-order valence-electron chi connectivity index (χ4n) is 3.16. The van der Waals surface area contributed by atoms with E-state index in [1.165, 1.54) is 32.1 Å². The number of aryl methyl sites for hydroxylation is 2. The van der Waals surface area contributed by atoms with Crippen LogP contribution in [0.4, 0.5) is 11.8 Å². The summed E-state index contributed by atoms with van der Waals surface area (Å²) >= 11 is 0. The number of aromatic nitrogens is 3. The van der Waals surface area contributed by atoms with E-state index in [0.29, 0.717) is 18.5 Å². The number of hydrogen-bond donors (Lipinski definition) is 2. The molecular formula is C19H27N5. The van der Waals surface area contributed by atoms with Gasteiger partial charge >= 0.3 is 0 Å². The Morgan fingerprint density at radius 2 is 1.79 bits per heavy atom. The van der Waals surface area contributed by atoms with Gasteiger partial charge in [-0.1, -0.05) is 25.3 Å². The van der Waals surface area contributed by atoms with Crippen molar-refractivity contribution >= 4 is 11.8 Å². The predicted molar refractivity (Wildman–Crippen MR) is 98.3 cm³/mol. The van der Waals surface area contributed by atoms with E-state index in [0.717, 1.165) is 28.5 Å². The second kappa shape index (κ2) is 7.60. The zero-order valence-electron chi connectivity index (χ0n) is 14.9. The van der Waals surface area contributed by atoms with E-state index in [4.69, 9.17) is 4.98 Å². The lowest BCUT2D eigenvalue weighted by atomic mass is 9.95. The van der Waals surface area contributed by atoms with E-state index in [9.17, 15) is 0 Å². The Morgan fingerprint density at radius 1 is 1.00 bits per heavy atom. The van der Waals surface area contributed by atoms with Crippen LogP contribution in [-0.2, 0) is 6.54 Å². The van der Waals surface area contributed by atoms with E-state index < -0.39 is 0 Å². The summed E-state index contributed by atoms with van der Waals surface area (Å²) in [5.41, 5.74) is 4.18. The second-order valence-electron chi connectivity index (χ2n) is 6.71. The maximum Gasteiger partial charge on any atom is 0.225 e. The SMILES string of the molecule is Cc1cccc(CNc2nc(C)c(C)c(NC3CCCCC3)n2)n1. The molecule has 0 atom stereocenters. The predicted octanol–water partition coefficient (Wildman–Crippen LogP) is 4.15. The molecule has 0 saturated heterocycles.